The molecule has 0 saturated carbocycles. The van der Waals surface area contributed by atoms with Crippen molar-refractivity contribution in [3.05, 3.63) is 30.4 Å². The molecule has 0 aromatic carbocycles. The maximum atomic E-state index is 11.8. The van der Waals surface area contributed by atoms with Gasteiger partial charge in [0.05, 0.1) is 5.92 Å². The second-order valence-electron chi connectivity index (χ2n) is 4.39. The standard InChI is InChI=1S/C12H18N4O/c1-16-7-6-14-11(16)4-5-15-12(17)9-2-3-10(13)8-9/h2-3,6-7,9-10H,4-5,8,13H2,1H3,(H,15,17). The first kappa shape index (κ1) is 11.9. The van der Waals surface area contributed by atoms with E-state index in [1.807, 2.05) is 30.0 Å². The zero-order valence-electron chi connectivity index (χ0n) is 9.97. The van der Waals surface area contributed by atoms with Crippen LogP contribution in [-0.2, 0) is 18.3 Å². The smallest absolute Gasteiger partial charge is 0.227 e. The first-order valence-electron chi connectivity index (χ1n) is 5.84. The lowest BCUT2D eigenvalue weighted by Gasteiger charge is -2.10. The molecule has 1 amide bonds. The van der Waals surface area contributed by atoms with Gasteiger partial charge in [-0.3, -0.25) is 4.79 Å². The van der Waals surface area contributed by atoms with Gasteiger partial charge in [-0.1, -0.05) is 12.2 Å². The molecular formula is C12H18N4O. The summed E-state index contributed by atoms with van der Waals surface area (Å²) in [6.45, 7) is 0.614. The third-order valence-electron chi connectivity index (χ3n) is 3.02. The van der Waals surface area contributed by atoms with Crippen LogP contribution in [0.3, 0.4) is 0 Å². The van der Waals surface area contributed by atoms with Crippen molar-refractivity contribution in [1.29, 1.82) is 0 Å². The number of amides is 1. The molecule has 0 fully saturated rings. The van der Waals surface area contributed by atoms with E-state index < -0.39 is 0 Å². The minimum atomic E-state index is -0.0635. The van der Waals surface area contributed by atoms with Crippen LogP contribution in [0.25, 0.3) is 0 Å². The number of hydrogen-bond donors (Lipinski definition) is 2. The lowest BCUT2D eigenvalue weighted by molar-refractivity contribution is -0.123. The van der Waals surface area contributed by atoms with E-state index in [4.69, 9.17) is 5.73 Å². The molecule has 1 heterocycles. The Morgan fingerprint density at radius 1 is 1.65 bits per heavy atom. The molecule has 2 atom stereocenters. The van der Waals surface area contributed by atoms with Crippen LogP contribution in [0.1, 0.15) is 12.2 Å². The third-order valence-corrected chi connectivity index (χ3v) is 3.02. The second-order valence-corrected chi connectivity index (χ2v) is 4.39. The Bertz CT molecular complexity index is 424. The fraction of sp³-hybridized carbons (Fsp3) is 0.500. The monoisotopic (exact) mass is 234 g/mol. The summed E-state index contributed by atoms with van der Waals surface area (Å²) in [5.74, 6) is 0.971. The van der Waals surface area contributed by atoms with E-state index in [1.165, 1.54) is 0 Å². The Labute approximate surface area is 101 Å². The van der Waals surface area contributed by atoms with Crippen LogP contribution in [0.15, 0.2) is 24.5 Å². The number of nitrogens with zero attached hydrogens (tertiary/aromatic N) is 2. The van der Waals surface area contributed by atoms with E-state index >= 15 is 0 Å². The number of hydrogen-bond acceptors (Lipinski definition) is 3. The van der Waals surface area contributed by atoms with Gasteiger partial charge < -0.3 is 15.6 Å². The predicted molar refractivity (Wildman–Crippen MR) is 65.1 cm³/mol. The Hall–Kier alpha value is -1.62. The molecule has 1 aliphatic carbocycles. The highest BCUT2D eigenvalue weighted by atomic mass is 16.1. The molecule has 0 radical (unpaired) electrons. The van der Waals surface area contributed by atoms with Crippen molar-refractivity contribution in [2.75, 3.05) is 6.54 Å². The summed E-state index contributed by atoms with van der Waals surface area (Å²) in [6.07, 6.45) is 8.90. The van der Waals surface area contributed by atoms with Gasteiger partial charge in [-0.25, -0.2) is 4.98 Å². The van der Waals surface area contributed by atoms with E-state index in [9.17, 15) is 4.79 Å². The van der Waals surface area contributed by atoms with Crippen molar-refractivity contribution in [3.63, 3.8) is 0 Å². The number of nitrogens with one attached hydrogen (secondary N) is 1. The molecule has 0 spiro atoms. The summed E-state index contributed by atoms with van der Waals surface area (Å²) in [6, 6.07) is 0.0280. The second kappa shape index (κ2) is 5.14. The quantitative estimate of drug-likeness (QED) is 0.719. The minimum absolute atomic E-state index is 0.0280. The lowest BCUT2D eigenvalue weighted by Crippen LogP contribution is -2.32. The first-order valence-corrected chi connectivity index (χ1v) is 5.84. The molecule has 3 N–H and O–H groups in total. The van der Waals surface area contributed by atoms with Gasteiger partial charge in [-0.2, -0.15) is 0 Å². The van der Waals surface area contributed by atoms with Crippen LogP contribution < -0.4 is 11.1 Å². The van der Waals surface area contributed by atoms with Gasteiger partial charge in [0.1, 0.15) is 5.82 Å². The van der Waals surface area contributed by atoms with Gasteiger partial charge in [-0.15, -0.1) is 0 Å². The number of rotatable bonds is 4. The zero-order chi connectivity index (χ0) is 12.3. The molecule has 0 saturated heterocycles. The molecule has 0 aliphatic heterocycles. The van der Waals surface area contributed by atoms with Gasteiger partial charge in [0, 0.05) is 38.4 Å². The summed E-state index contributed by atoms with van der Waals surface area (Å²) < 4.78 is 1.96. The fourth-order valence-electron chi connectivity index (χ4n) is 1.99. The van der Waals surface area contributed by atoms with Crippen molar-refractivity contribution in [1.82, 2.24) is 14.9 Å². The van der Waals surface area contributed by atoms with Crippen LogP contribution in [0.5, 0.6) is 0 Å². The van der Waals surface area contributed by atoms with Crippen molar-refractivity contribution in [2.45, 2.75) is 18.9 Å². The molecule has 5 nitrogen and oxygen atoms in total. The molecule has 17 heavy (non-hydrogen) atoms. The highest BCUT2D eigenvalue weighted by Gasteiger charge is 2.22. The van der Waals surface area contributed by atoms with Crippen LogP contribution in [0.4, 0.5) is 0 Å². The Kier molecular flexibility index (Phi) is 3.58. The third kappa shape index (κ3) is 2.94. The van der Waals surface area contributed by atoms with Crippen LogP contribution in [0.2, 0.25) is 0 Å². The topological polar surface area (TPSA) is 72.9 Å². The minimum Gasteiger partial charge on any atom is -0.355 e. The normalized spacial score (nSPS) is 22.9. The zero-order valence-corrected chi connectivity index (χ0v) is 9.97. The molecule has 2 unspecified atom stereocenters. The number of carbonyl (C=O) groups is 1. The Morgan fingerprint density at radius 2 is 2.47 bits per heavy atom. The van der Waals surface area contributed by atoms with Gasteiger partial charge in [-0.05, 0) is 6.42 Å². The molecule has 92 valence electrons. The molecule has 5 heteroatoms. The Morgan fingerprint density at radius 3 is 3.06 bits per heavy atom. The first-order chi connectivity index (χ1) is 8.16. The van der Waals surface area contributed by atoms with E-state index in [1.54, 1.807) is 6.20 Å². The largest absolute Gasteiger partial charge is 0.355 e. The van der Waals surface area contributed by atoms with Gasteiger partial charge in [0.2, 0.25) is 5.91 Å². The average Bonchev–Trinajstić information content (AvgIpc) is 2.88. The van der Waals surface area contributed by atoms with Gasteiger partial charge >= 0.3 is 0 Å². The van der Waals surface area contributed by atoms with Gasteiger partial charge in [0.15, 0.2) is 0 Å². The highest BCUT2D eigenvalue weighted by molar-refractivity contribution is 5.81. The maximum Gasteiger partial charge on any atom is 0.227 e. The molecular weight excluding hydrogens is 216 g/mol. The number of nitrogens with two attached hydrogens (primary N) is 1. The summed E-state index contributed by atoms with van der Waals surface area (Å²) in [5.41, 5.74) is 5.71. The molecule has 1 aliphatic rings. The number of carbonyl (C=O) groups excluding carboxylic acids is 1. The van der Waals surface area contributed by atoms with E-state index in [0.29, 0.717) is 13.0 Å². The van der Waals surface area contributed by atoms with Gasteiger partial charge in [0.25, 0.3) is 0 Å². The van der Waals surface area contributed by atoms with Crippen molar-refractivity contribution in [2.24, 2.45) is 18.7 Å². The molecule has 1 aromatic heterocycles. The number of aryl methyl sites for hydroxylation is 1. The average molecular weight is 234 g/mol. The summed E-state index contributed by atoms with van der Waals surface area (Å²) in [4.78, 5) is 16.0. The molecule has 1 aromatic rings. The SMILES string of the molecule is Cn1ccnc1CCNC(=O)C1C=CC(N)C1. The Balaban J connectivity index is 1.74. The summed E-state index contributed by atoms with van der Waals surface area (Å²) >= 11 is 0. The van der Waals surface area contributed by atoms with E-state index in [2.05, 4.69) is 10.3 Å². The molecule has 0 bridgehead atoms. The van der Waals surface area contributed by atoms with Crippen LogP contribution in [-0.4, -0.2) is 28.0 Å². The van der Waals surface area contributed by atoms with Crippen molar-refractivity contribution >= 4 is 5.91 Å². The lowest BCUT2D eigenvalue weighted by atomic mass is 10.1. The predicted octanol–water partition coefficient (Wildman–Crippen LogP) is -0.0178. The fourth-order valence-corrected chi connectivity index (χ4v) is 1.99. The summed E-state index contributed by atoms with van der Waals surface area (Å²) in [7, 11) is 1.95. The van der Waals surface area contributed by atoms with Crippen LogP contribution in [0, 0.1) is 5.92 Å². The molecule has 2 rings (SSSR count). The van der Waals surface area contributed by atoms with Crippen molar-refractivity contribution < 1.29 is 4.79 Å². The number of aromatic nitrogens is 2. The van der Waals surface area contributed by atoms with Crippen LogP contribution >= 0.6 is 0 Å². The number of imidazole rings is 1. The van der Waals surface area contributed by atoms with E-state index in [0.717, 1.165) is 12.2 Å². The summed E-state index contributed by atoms with van der Waals surface area (Å²) in [5, 5.41) is 2.91. The van der Waals surface area contributed by atoms with E-state index in [-0.39, 0.29) is 17.9 Å². The van der Waals surface area contributed by atoms with Crippen molar-refractivity contribution in [3.8, 4) is 0 Å². The maximum absolute atomic E-state index is 11.8. The highest BCUT2D eigenvalue weighted by Crippen LogP contribution is 2.15.